The molecule has 0 bridgehead atoms. The lowest BCUT2D eigenvalue weighted by atomic mass is 10.0. The fourth-order valence-electron chi connectivity index (χ4n) is 2.97. The molecule has 21 heavy (non-hydrogen) atoms. The summed E-state index contributed by atoms with van der Waals surface area (Å²) in [5, 5.41) is 10.1. The molecule has 2 unspecified atom stereocenters. The summed E-state index contributed by atoms with van der Waals surface area (Å²) in [5.74, 6) is 0.165. The summed E-state index contributed by atoms with van der Waals surface area (Å²) >= 11 is 0. The largest absolute Gasteiger partial charge is 0.395 e. The molecule has 2 aromatic rings. The number of aromatic nitrogens is 1. The highest BCUT2D eigenvalue weighted by atomic mass is 32.2. The van der Waals surface area contributed by atoms with E-state index in [9.17, 15) is 13.5 Å². The summed E-state index contributed by atoms with van der Waals surface area (Å²) in [4.78, 5) is 4.47. The van der Waals surface area contributed by atoms with Crippen LogP contribution in [0.2, 0.25) is 0 Å². The lowest BCUT2D eigenvalue weighted by molar-refractivity contribution is 0.191. The van der Waals surface area contributed by atoms with Crippen molar-refractivity contribution in [3.63, 3.8) is 0 Å². The third-order valence-corrected chi connectivity index (χ3v) is 6.19. The Morgan fingerprint density at radius 2 is 2.14 bits per heavy atom. The Morgan fingerprint density at radius 1 is 1.33 bits per heavy atom. The van der Waals surface area contributed by atoms with Crippen LogP contribution >= 0.6 is 0 Å². The molecule has 112 valence electrons. The Bertz CT molecular complexity index is 755. The first-order valence-corrected chi connectivity index (χ1v) is 8.46. The lowest BCUT2D eigenvalue weighted by Gasteiger charge is -2.25. The van der Waals surface area contributed by atoms with Gasteiger partial charge in [-0.15, -0.1) is 0 Å². The van der Waals surface area contributed by atoms with Crippen molar-refractivity contribution in [2.45, 2.75) is 24.3 Å². The van der Waals surface area contributed by atoms with Crippen LogP contribution in [-0.4, -0.2) is 42.0 Å². The zero-order chi connectivity index (χ0) is 15.0. The van der Waals surface area contributed by atoms with Crippen LogP contribution in [-0.2, 0) is 10.0 Å². The van der Waals surface area contributed by atoms with E-state index in [1.165, 1.54) is 4.31 Å². The maximum atomic E-state index is 13.0. The molecule has 1 fully saturated rings. The molecule has 6 heteroatoms. The zero-order valence-corrected chi connectivity index (χ0v) is 12.6. The fourth-order valence-corrected chi connectivity index (χ4v) is 4.90. The molecule has 0 aliphatic carbocycles. The molecular formula is C15H18N2O3S. The van der Waals surface area contributed by atoms with E-state index in [1.54, 1.807) is 36.5 Å². The van der Waals surface area contributed by atoms with Crippen LogP contribution in [0.1, 0.15) is 13.3 Å². The maximum absolute atomic E-state index is 13.0. The van der Waals surface area contributed by atoms with Crippen LogP contribution < -0.4 is 0 Å². The van der Waals surface area contributed by atoms with Gasteiger partial charge in [0.05, 0.1) is 23.1 Å². The molecule has 0 spiro atoms. The van der Waals surface area contributed by atoms with Crippen LogP contribution in [0.4, 0.5) is 0 Å². The fraction of sp³-hybridized carbons (Fsp3) is 0.400. The molecule has 1 aromatic heterocycles. The van der Waals surface area contributed by atoms with Crippen molar-refractivity contribution in [1.29, 1.82) is 0 Å². The molecule has 0 saturated carbocycles. The van der Waals surface area contributed by atoms with E-state index in [1.807, 2.05) is 6.92 Å². The zero-order valence-electron chi connectivity index (χ0n) is 11.8. The average molecular weight is 306 g/mol. The minimum Gasteiger partial charge on any atom is -0.395 e. The predicted molar refractivity (Wildman–Crippen MR) is 80.3 cm³/mol. The summed E-state index contributed by atoms with van der Waals surface area (Å²) in [6, 6.07) is 8.26. The van der Waals surface area contributed by atoms with Gasteiger partial charge < -0.3 is 5.11 Å². The Hall–Kier alpha value is -1.50. The van der Waals surface area contributed by atoms with Crippen molar-refractivity contribution in [3.8, 4) is 0 Å². The number of hydrogen-bond acceptors (Lipinski definition) is 4. The Kier molecular flexibility index (Phi) is 3.69. The molecule has 1 N–H and O–H groups in total. The van der Waals surface area contributed by atoms with Gasteiger partial charge in [0.25, 0.3) is 0 Å². The number of sulfonamides is 1. The number of pyridine rings is 1. The van der Waals surface area contributed by atoms with E-state index in [0.717, 1.165) is 6.42 Å². The first-order valence-electron chi connectivity index (χ1n) is 7.02. The molecule has 1 saturated heterocycles. The van der Waals surface area contributed by atoms with Gasteiger partial charge in [-0.2, -0.15) is 4.31 Å². The standard InChI is InChI=1S/C15H18N2O3S/c1-11-7-9-17(14(11)10-18)21(19,20)15-6-2-5-13-12(15)4-3-8-16-13/h2-6,8,11,14,18H,7,9-10H2,1H3. The Balaban J connectivity index is 2.13. The van der Waals surface area contributed by atoms with Gasteiger partial charge in [0.2, 0.25) is 10.0 Å². The van der Waals surface area contributed by atoms with Crippen molar-refractivity contribution in [2.24, 2.45) is 5.92 Å². The highest BCUT2D eigenvalue weighted by Crippen LogP contribution is 2.32. The highest BCUT2D eigenvalue weighted by molar-refractivity contribution is 7.89. The number of hydrogen-bond donors (Lipinski definition) is 1. The number of aliphatic hydroxyl groups excluding tert-OH is 1. The van der Waals surface area contributed by atoms with E-state index in [4.69, 9.17) is 0 Å². The van der Waals surface area contributed by atoms with Crippen LogP contribution in [0.3, 0.4) is 0 Å². The highest BCUT2D eigenvalue weighted by Gasteiger charge is 2.39. The minimum absolute atomic E-state index is 0.149. The molecule has 0 radical (unpaired) electrons. The molecule has 1 aliphatic heterocycles. The van der Waals surface area contributed by atoms with Gasteiger partial charge >= 0.3 is 0 Å². The molecule has 2 atom stereocenters. The van der Waals surface area contributed by atoms with E-state index in [-0.39, 0.29) is 23.5 Å². The monoisotopic (exact) mass is 306 g/mol. The third-order valence-electron chi connectivity index (χ3n) is 4.21. The van der Waals surface area contributed by atoms with Crippen molar-refractivity contribution < 1.29 is 13.5 Å². The summed E-state index contributed by atoms with van der Waals surface area (Å²) in [5.41, 5.74) is 0.659. The van der Waals surface area contributed by atoms with Gasteiger partial charge in [-0.05, 0) is 36.6 Å². The molecule has 1 aromatic carbocycles. The van der Waals surface area contributed by atoms with E-state index in [2.05, 4.69) is 4.98 Å². The number of fused-ring (bicyclic) bond motifs is 1. The molecule has 5 nitrogen and oxygen atoms in total. The number of benzene rings is 1. The lowest BCUT2D eigenvalue weighted by Crippen LogP contribution is -2.39. The molecule has 3 rings (SSSR count). The summed E-state index contributed by atoms with van der Waals surface area (Å²) in [6.45, 7) is 2.27. The molecular weight excluding hydrogens is 288 g/mol. The van der Waals surface area contributed by atoms with E-state index >= 15 is 0 Å². The second kappa shape index (κ2) is 5.36. The topological polar surface area (TPSA) is 70.5 Å². The SMILES string of the molecule is CC1CCN(S(=O)(=O)c2cccc3ncccc23)C1CO. The van der Waals surface area contributed by atoms with Crippen LogP contribution in [0, 0.1) is 5.92 Å². The average Bonchev–Trinajstić information content (AvgIpc) is 2.88. The number of nitrogens with zero attached hydrogens (tertiary/aromatic N) is 2. The van der Waals surface area contributed by atoms with Crippen molar-refractivity contribution in [3.05, 3.63) is 36.5 Å². The van der Waals surface area contributed by atoms with Crippen LogP contribution in [0.25, 0.3) is 10.9 Å². The van der Waals surface area contributed by atoms with Gasteiger partial charge in [-0.3, -0.25) is 4.98 Å². The second-order valence-electron chi connectivity index (χ2n) is 5.46. The maximum Gasteiger partial charge on any atom is 0.244 e. The number of rotatable bonds is 3. The van der Waals surface area contributed by atoms with Crippen molar-refractivity contribution >= 4 is 20.9 Å². The Morgan fingerprint density at radius 3 is 2.90 bits per heavy atom. The van der Waals surface area contributed by atoms with Gasteiger partial charge in [0.15, 0.2) is 0 Å². The summed E-state index contributed by atoms with van der Waals surface area (Å²) in [7, 11) is -3.63. The van der Waals surface area contributed by atoms with E-state index < -0.39 is 10.0 Å². The summed E-state index contributed by atoms with van der Waals surface area (Å²) < 4.78 is 27.3. The minimum atomic E-state index is -3.63. The molecule has 2 heterocycles. The summed E-state index contributed by atoms with van der Waals surface area (Å²) in [6.07, 6.45) is 2.42. The Labute approximate surface area is 124 Å². The third kappa shape index (κ3) is 2.33. The van der Waals surface area contributed by atoms with Gasteiger partial charge in [0, 0.05) is 18.1 Å². The van der Waals surface area contributed by atoms with Crippen molar-refractivity contribution in [1.82, 2.24) is 9.29 Å². The van der Waals surface area contributed by atoms with Crippen LogP contribution in [0.15, 0.2) is 41.4 Å². The van der Waals surface area contributed by atoms with Gasteiger partial charge in [0.1, 0.15) is 0 Å². The van der Waals surface area contributed by atoms with E-state index in [0.29, 0.717) is 17.4 Å². The predicted octanol–water partition coefficient (Wildman–Crippen LogP) is 1.63. The normalized spacial score (nSPS) is 23.7. The first-order chi connectivity index (χ1) is 10.1. The number of aliphatic hydroxyl groups is 1. The van der Waals surface area contributed by atoms with Gasteiger partial charge in [-0.1, -0.05) is 13.0 Å². The first kappa shape index (κ1) is 14.4. The van der Waals surface area contributed by atoms with Crippen molar-refractivity contribution in [2.75, 3.05) is 13.2 Å². The van der Waals surface area contributed by atoms with Crippen LogP contribution in [0.5, 0.6) is 0 Å². The second-order valence-corrected chi connectivity index (χ2v) is 7.32. The van der Waals surface area contributed by atoms with Gasteiger partial charge in [-0.25, -0.2) is 8.42 Å². The molecule has 0 amide bonds. The molecule has 1 aliphatic rings. The smallest absolute Gasteiger partial charge is 0.244 e. The quantitative estimate of drug-likeness (QED) is 0.935.